The molecule has 0 aliphatic heterocycles. The zero-order chi connectivity index (χ0) is 13.0. The summed E-state index contributed by atoms with van der Waals surface area (Å²) >= 11 is 6.40. The second-order valence-electron chi connectivity index (χ2n) is 6.01. The molecule has 2 unspecified atom stereocenters. The molecule has 2 saturated carbocycles. The summed E-state index contributed by atoms with van der Waals surface area (Å²) in [5, 5.41) is 0.165. The maximum absolute atomic E-state index is 12.6. The van der Waals surface area contributed by atoms with Crippen LogP contribution in [0.2, 0.25) is 0 Å². The highest BCUT2D eigenvalue weighted by Crippen LogP contribution is 2.30. The Labute approximate surface area is 116 Å². The Kier molecular flexibility index (Phi) is 5.35. The van der Waals surface area contributed by atoms with Gasteiger partial charge in [0.25, 0.3) is 0 Å². The van der Waals surface area contributed by atoms with E-state index in [9.17, 15) is 4.79 Å². The molecule has 0 heterocycles. The first kappa shape index (κ1) is 14.2. The Morgan fingerprint density at radius 1 is 0.944 bits per heavy atom. The van der Waals surface area contributed by atoms with Crippen molar-refractivity contribution in [2.24, 2.45) is 5.92 Å². The maximum Gasteiger partial charge on any atom is 0.225 e. The van der Waals surface area contributed by atoms with Crippen LogP contribution in [0.1, 0.15) is 64.2 Å². The highest BCUT2D eigenvalue weighted by atomic mass is 35.5. The molecule has 0 radical (unpaired) electrons. The van der Waals surface area contributed by atoms with Crippen LogP contribution in [-0.2, 0) is 4.79 Å². The molecule has 2 rings (SSSR count). The topological polar surface area (TPSA) is 20.3 Å². The van der Waals surface area contributed by atoms with E-state index in [1.165, 1.54) is 38.5 Å². The maximum atomic E-state index is 12.6. The van der Waals surface area contributed by atoms with E-state index in [0.717, 1.165) is 25.7 Å². The van der Waals surface area contributed by atoms with Crippen molar-refractivity contribution in [1.82, 2.24) is 4.90 Å². The fourth-order valence-electron chi connectivity index (χ4n) is 3.48. The summed E-state index contributed by atoms with van der Waals surface area (Å²) in [7, 11) is 1.97. The van der Waals surface area contributed by atoms with Gasteiger partial charge in [-0.3, -0.25) is 4.79 Å². The molecule has 0 N–H and O–H groups in total. The summed E-state index contributed by atoms with van der Waals surface area (Å²) in [6.07, 6.45) is 11.8. The van der Waals surface area contributed by atoms with Gasteiger partial charge < -0.3 is 4.90 Å². The van der Waals surface area contributed by atoms with E-state index >= 15 is 0 Å². The summed E-state index contributed by atoms with van der Waals surface area (Å²) in [5.74, 6) is 0.623. The smallest absolute Gasteiger partial charge is 0.225 e. The zero-order valence-corrected chi connectivity index (χ0v) is 12.3. The number of amides is 1. The molecule has 2 atom stereocenters. The molecule has 2 aliphatic carbocycles. The number of hydrogen-bond donors (Lipinski definition) is 0. The zero-order valence-electron chi connectivity index (χ0n) is 11.5. The minimum atomic E-state index is 0.165. The van der Waals surface area contributed by atoms with Gasteiger partial charge in [-0.1, -0.05) is 38.5 Å². The van der Waals surface area contributed by atoms with E-state index in [2.05, 4.69) is 0 Å². The quantitative estimate of drug-likeness (QED) is 0.550. The Balaban J connectivity index is 1.93. The van der Waals surface area contributed by atoms with Gasteiger partial charge in [0.05, 0.1) is 5.38 Å². The molecule has 104 valence electrons. The second kappa shape index (κ2) is 6.79. The average Bonchev–Trinajstić information content (AvgIpc) is 2.66. The first-order valence-corrected chi connectivity index (χ1v) is 8.04. The molecule has 2 fully saturated rings. The minimum absolute atomic E-state index is 0.165. The predicted molar refractivity (Wildman–Crippen MR) is 75.9 cm³/mol. The molecule has 0 bridgehead atoms. The number of hydrogen-bond acceptors (Lipinski definition) is 1. The van der Waals surface area contributed by atoms with Gasteiger partial charge in [0.2, 0.25) is 5.91 Å². The van der Waals surface area contributed by atoms with Crippen molar-refractivity contribution < 1.29 is 4.79 Å². The van der Waals surface area contributed by atoms with Crippen molar-refractivity contribution in [3.05, 3.63) is 0 Å². The monoisotopic (exact) mass is 271 g/mol. The highest BCUT2D eigenvalue weighted by molar-refractivity contribution is 6.21. The summed E-state index contributed by atoms with van der Waals surface area (Å²) in [5.41, 5.74) is 0. The van der Waals surface area contributed by atoms with E-state index in [-0.39, 0.29) is 17.3 Å². The van der Waals surface area contributed by atoms with Crippen LogP contribution in [0.5, 0.6) is 0 Å². The third-order valence-corrected chi connectivity index (χ3v) is 5.21. The van der Waals surface area contributed by atoms with Crippen molar-refractivity contribution in [3.63, 3.8) is 0 Å². The van der Waals surface area contributed by atoms with Gasteiger partial charge in [-0.2, -0.15) is 0 Å². The van der Waals surface area contributed by atoms with Crippen LogP contribution in [-0.4, -0.2) is 29.3 Å². The normalized spacial score (nSPS) is 30.8. The molecule has 2 nitrogen and oxygen atoms in total. The number of carbonyl (C=O) groups is 1. The lowest BCUT2D eigenvalue weighted by Gasteiger charge is -2.36. The van der Waals surface area contributed by atoms with Gasteiger partial charge in [-0.15, -0.1) is 11.6 Å². The highest BCUT2D eigenvalue weighted by Gasteiger charge is 2.32. The average molecular weight is 272 g/mol. The largest absolute Gasteiger partial charge is 0.341 e. The van der Waals surface area contributed by atoms with E-state index in [1.807, 2.05) is 11.9 Å². The number of carbonyl (C=O) groups excluding carboxylic acids is 1. The van der Waals surface area contributed by atoms with Gasteiger partial charge in [-0.05, 0) is 25.7 Å². The summed E-state index contributed by atoms with van der Waals surface area (Å²) in [4.78, 5) is 14.5. The minimum Gasteiger partial charge on any atom is -0.341 e. The van der Waals surface area contributed by atoms with Gasteiger partial charge >= 0.3 is 0 Å². The van der Waals surface area contributed by atoms with Crippen LogP contribution >= 0.6 is 11.6 Å². The van der Waals surface area contributed by atoms with Crippen molar-refractivity contribution in [2.75, 3.05) is 7.05 Å². The molecule has 3 heteroatoms. The Morgan fingerprint density at radius 2 is 1.50 bits per heavy atom. The van der Waals surface area contributed by atoms with Crippen molar-refractivity contribution in [1.29, 1.82) is 0 Å². The summed E-state index contributed by atoms with van der Waals surface area (Å²) in [6.45, 7) is 0. The van der Waals surface area contributed by atoms with Crippen LogP contribution in [0.15, 0.2) is 0 Å². The van der Waals surface area contributed by atoms with Gasteiger partial charge in [-0.25, -0.2) is 0 Å². The lowest BCUT2D eigenvalue weighted by atomic mass is 9.91. The van der Waals surface area contributed by atoms with Crippen LogP contribution < -0.4 is 0 Å². The summed E-state index contributed by atoms with van der Waals surface area (Å²) < 4.78 is 0. The lowest BCUT2D eigenvalue weighted by molar-refractivity contribution is -0.137. The molecule has 1 amide bonds. The SMILES string of the molecule is CN(C(=O)C1CCCCCC1)C1CCCCC1Cl. The Morgan fingerprint density at radius 3 is 2.11 bits per heavy atom. The van der Waals surface area contributed by atoms with Crippen molar-refractivity contribution >= 4 is 17.5 Å². The fourth-order valence-corrected chi connectivity index (χ4v) is 3.93. The summed E-state index contributed by atoms with van der Waals surface area (Å²) in [6, 6.07) is 0.274. The standard InChI is InChI=1S/C15H26ClNO/c1-17(14-11-7-6-10-13(14)16)15(18)12-8-4-2-3-5-9-12/h12-14H,2-11H2,1H3. The Hall–Kier alpha value is -0.240. The molecular weight excluding hydrogens is 246 g/mol. The first-order valence-electron chi connectivity index (χ1n) is 7.61. The van der Waals surface area contributed by atoms with Crippen LogP contribution in [0.25, 0.3) is 0 Å². The van der Waals surface area contributed by atoms with Crippen LogP contribution in [0.3, 0.4) is 0 Å². The Bertz CT molecular complexity index is 274. The fraction of sp³-hybridized carbons (Fsp3) is 0.933. The van der Waals surface area contributed by atoms with E-state index in [0.29, 0.717) is 5.91 Å². The molecule has 0 aromatic carbocycles. The van der Waals surface area contributed by atoms with E-state index in [1.54, 1.807) is 0 Å². The van der Waals surface area contributed by atoms with Gasteiger partial charge in [0.15, 0.2) is 0 Å². The number of nitrogens with zero attached hydrogens (tertiary/aromatic N) is 1. The van der Waals surface area contributed by atoms with Crippen LogP contribution in [0, 0.1) is 5.92 Å². The number of halogens is 1. The predicted octanol–water partition coefficient (Wildman–Crippen LogP) is 3.97. The third-order valence-electron chi connectivity index (χ3n) is 4.70. The molecular formula is C15H26ClNO. The lowest BCUT2D eigenvalue weighted by Crippen LogP contribution is -2.46. The number of alkyl halides is 1. The molecule has 0 aromatic rings. The van der Waals surface area contributed by atoms with Gasteiger partial charge in [0, 0.05) is 19.0 Å². The molecule has 18 heavy (non-hydrogen) atoms. The van der Waals surface area contributed by atoms with E-state index in [4.69, 9.17) is 11.6 Å². The third kappa shape index (κ3) is 3.40. The molecule has 2 aliphatic rings. The van der Waals surface area contributed by atoms with Crippen molar-refractivity contribution in [2.45, 2.75) is 75.6 Å². The van der Waals surface area contributed by atoms with Gasteiger partial charge in [0.1, 0.15) is 0 Å². The number of rotatable bonds is 2. The van der Waals surface area contributed by atoms with Crippen molar-refractivity contribution in [3.8, 4) is 0 Å². The molecule has 0 saturated heterocycles. The first-order chi connectivity index (χ1) is 8.70. The molecule has 0 aromatic heterocycles. The second-order valence-corrected chi connectivity index (χ2v) is 6.57. The van der Waals surface area contributed by atoms with Crippen LogP contribution in [0.4, 0.5) is 0 Å². The van der Waals surface area contributed by atoms with E-state index < -0.39 is 0 Å². The molecule has 0 spiro atoms.